The minimum absolute atomic E-state index is 0.244. The van der Waals surface area contributed by atoms with E-state index in [1.165, 1.54) is 5.56 Å². The zero-order valence-electron chi connectivity index (χ0n) is 7.06. The highest BCUT2D eigenvalue weighted by molar-refractivity contribution is 6.35. The molecule has 1 aliphatic carbocycles. The summed E-state index contributed by atoms with van der Waals surface area (Å²) < 4.78 is 0. The van der Waals surface area contributed by atoms with Crippen LogP contribution in [0.5, 0.6) is 0 Å². The van der Waals surface area contributed by atoms with Gasteiger partial charge in [0.15, 0.2) is 0 Å². The molecule has 0 amide bonds. The molecule has 0 radical (unpaired) electrons. The quantitative estimate of drug-likeness (QED) is 0.708. The Morgan fingerprint density at radius 1 is 1.31 bits per heavy atom. The van der Waals surface area contributed by atoms with Gasteiger partial charge in [0, 0.05) is 16.5 Å². The first-order valence-corrected chi connectivity index (χ1v) is 5.07. The lowest BCUT2D eigenvalue weighted by atomic mass is 9.90. The third-order valence-electron chi connectivity index (χ3n) is 2.44. The van der Waals surface area contributed by atoms with E-state index in [1.54, 1.807) is 6.07 Å². The molecule has 1 nitrogen and oxygen atoms in total. The molecule has 0 saturated heterocycles. The molecule has 0 aliphatic heterocycles. The summed E-state index contributed by atoms with van der Waals surface area (Å²) in [6.45, 7) is 0. The Hall–Kier alpha value is -0.240. The number of aliphatic hydroxyl groups excluding tert-OH is 1. The SMILES string of the molecule is O[C@H]1CCc2cc(Cl)cc(Cl)c2C1. The molecule has 3 heteroatoms. The van der Waals surface area contributed by atoms with Crippen molar-refractivity contribution in [1.82, 2.24) is 0 Å². The molecule has 0 bridgehead atoms. The molecule has 1 aliphatic rings. The van der Waals surface area contributed by atoms with Gasteiger partial charge in [-0.3, -0.25) is 0 Å². The first kappa shape index (κ1) is 9.32. The fourth-order valence-electron chi connectivity index (χ4n) is 1.77. The molecule has 13 heavy (non-hydrogen) atoms. The van der Waals surface area contributed by atoms with Gasteiger partial charge in [0.2, 0.25) is 0 Å². The Morgan fingerprint density at radius 2 is 2.08 bits per heavy atom. The molecule has 2 rings (SSSR count). The summed E-state index contributed by atoms with van der Waals surface area (Å²) in [5, 5.41) is 10.8. The molecule has 0 unspecified atom stereocenters. The van der Waals surface area contributed by atoms with Crippen LogP contribution in [-0.4, -0.2) is 11.2 Å². The van der Waals surface area contributed by atoms with Crippen molar-refractivity contribution in [2.24, 2.45) is 0 Å². The van der Waals surface area contributed by atoms with Gasteiger partial charge in [-0.25, -0.2) is 0 Å². The maximum atomic E-state index is 9.46. The van der Waals surface area contributed by atoms with Crippen LogP contribution < -0.4 is 0 Å². The van der Waals surface area contributed by atoms with Gasteiger partial charge in [-0.15, -0.1) is 0 Å². The molecule has 0 heterocycles. The monoisotopic (exact) mass is 216 g/mol. The van der Waals surface area contributed by atoms with Gasteiger partial charge in [0.1, 0.15) is 0 Å². The number of fused-ring (bicyclic) bond motifs is 1. The molecule has 1 atom stereocenters. The Balaban J connectivity index is 2.47. The summed E-state index contributed by atoms with van der Waals surface area (Å²) in [7, 11) is 0. The third kappa shape index (κ3) is 1.83. The number of aliphatic hydroxyl groups is 1. The highest BCUT2D eigenvalue weighted by Crippen LogP contribution is 2.31. The van der Waals surface area contributed by atoms with Crippen molar-refractivity contribution in [3.05, 3.63) is 33.3 Å². The Morgan fingerprint density at radius 3 is 2.85 bits per heavy atom. The first-order chi connectivity index (χ1) is 6.16. The fraction of sp³-hybridized carbons (Fsp3) is 0.400. The van der Waals surface area contributed by atoms with Gasteiger partial charge >= 0.3 is 0 Å². The molecular weight excluding hydrogens is 207 g/mol. The Labute approximate surface area is 87.3 Å². The predicted molar refractivity (Wildman–Crippen MR) is 54.5 cm³/mol. The number of aryl methyl sites for hydroxylation is 1. The zero-order chi connectivity index (χ0) is 9.42. The normalized spacial score (nSPS) is 21.3. The first-order valence-electron chi connectivity index (χ1n) is 4.31. The van der Waals surface area contributed by atoms with Crippen LogP contribution in [0.4, 0.5) is 0 Å². The maximum Gasteiger partial charge on any atom is 0.0584 e. The van der Waals surface area contributed by atoms with E-state index in [2.05, 4.69) is 0 Å². The van der Waals surface area contributed by atoms with E-state index in [1.807, 2.05) is 6.07 Å². The van der Waals surface area contributed by atoms with Crippen LogP contribution in [-0.2, 0) is 12.8 Å². The standard InChI is InChI=1S/C10H10Cl2O/c11-7-3-6-1-2-8(13)5-9(6)10(12)4-7/h3-4,8,13H,1-2,5H2/t8-/m0/s1. The molecule has 1 aromatic rings. The third-order valence-corrected chi connectivity index (χ3v) is 2.99. The van der Waals surface area contributed by atoms with E-state index in [9.17, 15) is 5.11 Å². The fourth-order valence-corrected chi connectivity index (χ4v) is 2.38. The van der Waals surface area contributed by atoms with Crippen molar-refractivity contribution >= 4 is 23.2 Å². The van der Waals surface area contributed by atoms with Crippen LogP contribution >= 0.6 is 23.2 Å². The molecule has 0 spiro atoms. The summed E-state index contributed by atoms with van der Waals surface area (Å²) in [5.41, 5.74) is 2.24. The van der Waals surface area contributed by atoms with Gasteiger partial charge in [-0.2, -0.15) is 0 Å². The summed E-state index contributed by atoms with van der Waals surface area (Å²) >= 11 is 11.9. The van der Waals surface area contributed by atoms with Gasteiger partial charge in [-0.1, -0.05) is 23.2 Å². The lowest BCUT2D eigenvalue weighted by molar-refractivity contribution is 0.158. The summed E-state index contributed by atoms with van der Waals surface area (Å²) in [4.78, 5) is 0. The van der Waals surface area contributed by atoms with Crippen LogP contribution in [0, 0.1) is 0 Å². The van der Waals surface area contributed by atoms with Crippen LogP contribution in [0.15, 0.2) is 12.1 Å². The predicted octanol–water partition coefficient (Wildman–Crippen LogP) is 2.84. The lowest BCUT2D eigenvalue weighted by Gasteiger charge is -2.21. The topological polar surface area (TPSA) is 20.2 Å². The van der Waals surface area contributed by atoms with Crippen molar-refractivity contribution in [1.29, 1.82) is 0 Å². The zero-order valence-corrected chi connectivity index (χ0v) is 8.57. The van der Waals surface area contributed by atoms with Gasteiger partial charge in [-0.05, 0) is 36.1 Å². The highest BCUT2D eigenvalue weighted by atomic mass is 35.5. The molecule has 0 saturated carbocycles. The smallest absolute Gasteiger partial charge is 0.0584 e. The van der Waals surface area contributed by atoms with Crippen molar-refractivity contribution in [2.45, 2.75) is 25.4 Å². The van der Waals surface area contributed by atoms with Crippen molar-refractivity contribution in [2.75, 3.05) is 0 Å². The minimum Gasteiger partial charge on any atom is -0.393 e. The van der Waals surface area contributed by atoms with Crippen molar-refractivity contribution < 1.29 is 5.11 Å². The van der Waals surface area contributed by atoms with E-state index < -0.39 is 0 Å². The number of rotatable bonds is 0. The maximum absolute atomic E-state index is 9.46. The van der Waals surface area contributed by atoms with E-state index in [0.29, 0.717) is 16.5 Å². The van der Waals surface area contributed by atoms with E-state index in [0.717, 1.165) is 18.4 Å². The van der Waals surface area contributed by atoms with Crippen LogP contribution in [0.3, 0.4) is 0 Å². The molecule has 1 N–H and O–H groups in total. The Bertz CT molecular complexity index is 336. The van der Waals surface area contributed by atoms with Crippen LogP contribution in [0.25, 0.3) is 0 Å². The van der Waals surface area contributed by atoms with Crippen LogP contribution in [0.2, 0.25) is 10.0 Å². The van der Waals surface area contributed by atoms with Gasteiger partial charge in [0.05, 0.1) is 6.10 Å². The van der Waals surface area contributed by atoms with E-state index >= 15 is 0 Å². The largest absolute Gasteiger partial charge is 0.393 e. The van der Waals surface area contributed by atoms with Crippen molar-refractivity contribution in [3.63, 3.8) is 0 Å². The second-order valence-electron chi connectivity index (χ2n) is 3.42. The molecular formula is C10H10Cl2O. The number of halogens is 2. The lowest BCUT2D eigenvalue weighted by Crippen LogP contribution is -2.18. The molecule has 0 fully saturated rings. The second kappa shape index (κ2) is 3.49. The second-order valence-corrected chi connectivity index (χ2v) is 4.27. The summed E-state index contributed by atoms with van der Waals surface area (Å²) in [6.07, 6.45) is 2.09. The van der Waals surface area contributed by atoms with E-state index in [-0.39, 0.29) is 6.10 Å². The summed E-state index contributed by atoms with van der Waals surface area (Å²) in [6, 6.07) is 3.68. The van der Waals surface area contributed by atoms with Gasteiger partial charge < -0.3 is 5.11 Å². The highest BCUT2D eigenvalue weighted by Gasteiger charge is 2.19. The van der Waals surface area contributed by atoms with E-state index in [4.69, 9.17) is 23.2 Å². The average Bonchev–Trinajstić information content (AvgIpc) is 2.06. The molecule has 1 aromatic carbocycles. The van der Waals surface area contributed by atoms with Crippen molar-refractivity contribution in [3.8, 4) is 0 Å². The number of hydrogen-bond acceptors (Lipinski definition) is 1. The number of benzene rings is 1. The van der Waals surface area contributed by atoms with Gasteiger partial charge in [0.25, 0.3) is 0 Å². The minimum atomic E-state index is -0.244. The Kier molecular flexibility index (Phi) is 2.50. The molecule has 0 aromatic heterocycles. The number of hydrogen-bond donors (Lipinski definition) is 1. The molecule has 70 valence electrons. The average molecular weight is 217 g/mol. The summed E-state index contributed by atoms with van der Waals surface area (Å²) in [5.74, 6) is 0. The van der Waals surface area contributed by atoms with Crippen LogP contribution in [0.1, 0.15) is 17.5 Å².